The molecule has 1 aliphatic rings. The Balaban J connectivity index is 2.03. The van der Waals surface area contributed by atoms with Gasteiger partial charge < -0.3 is 14.9 Å². The molecular formula is C19H21ClO3. The zero-order valence-corrected chi connectivity index (χ0v) is 14.0. The molecule has 0 aromatic heterocycles. The van der Waals surface area contributed by atoms with Crippen molar-refractivity contribution in [2.75, 3.05) is 0 Å². The van der Waals surface area contributed by atoms with Gasteiger partial charge in [0.25, 0.3) is 0 Å². The van der Waals surface area contributed by atoms with Crippen LogP contribution in [0.5, 0.6) is 0 Å². The van der Waals surface area contributed by atoms with Crippen molar-refractivity contribution >= 4 is 11.6 Å². The summed E-state index contributed by atoms with van der Waals surface area (Å²) in [6.07, 6.45) is -1.52. The first-order chi connectivity index (χ1) is 10.9. The highest BCUT2D eigenvalue weighted by atomic mass is 35.5. The van der Waals surface area contributed by atoms with Crippen LogP contribution < -0.4 is 0 Å². The van der Waals surface area contributed by atoms with Gasteiger partial charge in [-0.05, 0) is 36.1 Å². The molecule has 1 aliphatic heterocycles. The quantitative estimate of drug-likeness (QED) is 0.845. The molecule has 1 fully saturated rings. The van der Waals surface area contributed by atoms with Gasteiger partial charge in [-0.2, -0.15) is 0 Å². The Morgan fingerprint density at radius 1 is 1.09 bits per heavy atom. The van der Waals surface area contributed by atoms with Crippen molar-refractivity contribution in [1.29, 1.82) is 0 Å². The Kier molecular flexibility index (Phi) is 4.47. The molecule has 2 N–H and O–H groups in total. The van der Waals surface area contributed by atoms with Gasteiger partial charge in [-0.15, -0.1) is 0 Å². The van der Waals surface area contributed by atoms with E-state index in [1.807, 2.05) is 62.4 Å². The molecular weight excluding hydrogens is 312 g/mol. The van der Waals surface area contributed by atoms with E-state index in [2.05, 4.69) is 0 Å². The molecule has 2 aromatic rings. The minimum atomic E-state index is -1.32. The van der Waals surface area contributed by atoms with Gasteiger partial charge in [0, 0.05) is 6.42 Å². The minimum absolute atomic E-state index is 0.243. The molecule has 3 rings (SSSR count). The van der Waals surface area contributed by atoms with Crippen molar-refractivity contribution in [2.45, 2.75) is 43.6 Å². The molecule has 4 heteroatoms. The lowest BCUT2D eigenvalue weighted by atomic mass is 9.80. The van der Waals surface area contributed by atoms with Gasteiger partial charge in [0.2, 0.25) is 0 Å². The van der Waals surface area contributed by atoms with Crippen molar-refractivity contribution < 1.29 is 14.9 Å². The lowest BCUT2D eigenvalue weighted by Crippen LogP contribution is -2.40. The van der Waals surface area contributed by atoms with Crippen LogP contribution in [0.3, 0.4) is 0 Å². The van der Waals surface area contributed by atoms with Crippen LogP contribution in [0.15, 0.2) is 48.5 Å². The highest BCUT2D eigenvalue weighted by Crippen LogP contribution is 2.46. The molecule has 1 saturated heterocycles. The number of aryl methyl sites for hydroxylation is 2. The largest absolute Gasteiger partial charge is 0.386 e. The molecule has 4 atom stereocenters. The SMILES string of the molecule is Cc1ccccc1C(O)[C@H]1OC(Cl)C[C@@]1(O)c1ccccc1C. The summed E-state index contributed by atoms with van der Waals surface area (Å²) in [6, 6.07) is 15.2. The van der Waals surface area contributed by atoms with Gasteiger partial charge in [-0.25, -0.2) is 0 Å². The average molecular weight is 333 g/mol. The molecule has 0 bridgehead atoms. The lowest BCUT2D eigenvalue weighted by molar-refractivity contribution is -0.106. The molecule has 2 aromatic carbocycles. The minimum Gasteiger partial charge on any atom is -0.386 e. The first-order valence-electron chi connectivity index (χ1n) is 7.75. The van der Waals surface area contributed by atoms with Crippen LogP contribution >= 0.6 is 11.6 Å². The predicted octanol–water partition coefficient (Wildman–Crippen LogP) is 3.58. The maximum Gasteiger partial charge on any atom is 0.135 e. The van der Waals surface area contributed by atoms with E-state index in [9.17, 15) is 10.2 Å². The molecule has 23 heavy (non-hydrogen) atoms. The number of hydrogen-bond acceptors (Lipinski definition) is 3. The van der Waals surface area contributed by atoms with Crippen LogP contribution in [0.2, 0.25) is 0 Å². The third kappa shape index (κ3) is 2.90. The second-order valence-electron chi connectivity index (χ2n) is 6.21. The van der Waals surface area contributed by atoms with Crippen molar-refractivity contribution in [3.8, 4) is 0 Å². The second-order valence-corrected chi connectivity index (χ2v) is 6.70. The maximum atomic E-state index is 11.3. The number of halogens is 1. The van der Waals surface area contributed by atoms with Gasteiger partial charge >= 0.3 is 0 Å². The van der Waals surface area contributed by atoms with E-state index in [4.69, 9.17) is 16.3 Å². The lowest BCUT2D eigenvalue weighted by Gasteiger charge is -2.33. The fourth-order valence-electron chi connectivity index (χ4n) is 3.42. The highest BCUT2D eigenvalue weighted by Gasteiger charge is 2.52. The predicted molar refractivity (Wildman–Crippen MR) is 90.3 cm³/mol. The van der Waals surface area contributed by atoms with Crippen LogP contribution in [0.4, 0.5) is 0 Å². The Labute approximate surface area is 141 Å². The standard InChI is InChI=1S/C19H21ClO3/c1-12-7-3-5-9-14(12)17(21)18-19(22,11-16(20)23-18)15-10-6-4-8-13(15)2/h3-10,16-18,21-22H,11H2,1-2H3/t16?,17?,18-,19-/m1/s1. The number of ether oxygens (including phenoxy) is 1. The Morgan fingerprint density at radius 3 is 2.35 bits per heavy atom. The van der Waals surface area contributed by atoms with Crippen LogP contribution in [-0.2, 0) is 10.3 Å². The summed E-state index contributed by atoms with van der Waals surface area (Å²) >= 11 is 6.17. The number of rotatable bonds is 3. The van der Waals surface area contributed by atoms with Crippen molar-refractivity contribution in [3.63, 3.8) is 0 Å². The van der Waals surface area contributed by atoms with Crippen LogP contribution in [-0.4, -0.2) is 21.9 Å². The number of benzene rings is 2. The third-order valence-corrected chi connectivity index (χ3v) is 4.90. The maximum absolute atomic E-state index is 11.3. The normalized spacial score (nSPS) is 28.7. The summed E-state index contributed by atoms with van der Waals surface area (Å²) in [4.78, 5) is 0. The third-order valence-electron chi connectivity index (χ3n) is 4.64. The zero-order valence-electron chi connectivity index (χ0n) is 13.2. The topological polar surface area (TPSA) is 49.7 Å². The number of aliphatic hydroxyl groups excluding tert-OH is 1. The zero-order chi connectivity index (χ0) is 16.6. The van der Waals surface area contributed by atoms with Crippen molar-refractivity contribution in [1.82, 2.24) is 0 Å². The van der Waals surface area contributed by atoms with E-state index in [0.717, 1.165) is 22.3 Å². The molecule has 0 spiro atoms. The van der Waals surface area contributed by atoms with Crippen LogP contribution in [0, 0.1) is 13.8 Å². The number of aliphatic hydroxyl groups is 2. The van der Waals surface area contributed by atoms with Crippen molar-refractivity contribution in [3.05, 3.63) is 70.8 Å². The molecule has 0 amide bonds. The summed E-state index contributed by atoms with van der Waals surface area (Å²) in [5.41, 5.74) is 1.44. The van der Waals surface area contributed by atoms with Gasteiger partial charge in [-0.3, -0.25) is 0 Å². The summed E-state index contributed by atoms with van der Waals surface area (Å²) in [6.45, 7) is 3.87. The summed E-state index contributed by atoms with van der Waals surface area (Å²) in [5.74, 6) is 0. The van der Waals surface area contributed by atoms with Gasteiger partial charge in [-0.1, -0.05) is 60.1 Å². The van der Waals surface area contributed by atoms with Gasteiger partial charge in [0.05, 0.1) is 0 Å². The fourth-order valence-corrected chi connectivity index (χ4v) is 3.77. The van der Waals surface area contributed by atoms with Crippen LogP contribution in [0.25, 0.3) is 0 Å². The fraction of sp³-hybridized carbons (Fsp3) is 0.368. The van der Waals surface area contributed by atoms with E-state index < -0.39 is 23.4 Å². The monoisotopic (exact) mass is 332 g/mol. The molecule has 1 heterocycles. The van der Waals surface area contributed by atoms with Gasteiger partial charge in [0.1, 0.15) is 23.4 Å². The molecule has 2 unspecified atom stereocenters. The summed E-state index contributed by atoms with van der Waals surface area (Å²) in [5, 5.41) is 22.2. The summed E-state index contributed by atoms with van der Waals surface area (Å²) in [7, 11) is 0. The summed E-state index contributed by atoms with van der Waals surface area (Å²) < 4.78 is 5.72. The Morgan fingerprint density at radius 2 is 1.70 bits per heavy atom. The molecule has 122 valence electrons. The Bertz CT molecular complexity index is 703. The van der Waals surface area contributed by atoms with Gasteiger partial charge in [0.15, 0.2) is 0 Å². The molecule has 0 aliphatic carbocycles. The molecule has 0 saturated carbocycles. The number of hydrogen-bond donors (Lipinski definition) is 2. The van der Waals surface area contributed by atoms with Crippen LogP contribution in [0.1, 0.15) is 34.8 Å². The van der Waals surface area contributed by atoms with E-state index in [1.165, 1.54) is 0 Å². The first-order valence-corrected chi connectivity index (χ1v) is 8.19. The number of alkyl halides is 1. The Hall–Kier alpha value is -1.39. The van der Waals surface area contributed by atoms with E-state index in [0.29, 0.717) is 0 Å². The van der Waals surface area contributed by atoms with E-state index in [-0.39, 0.29) is 6.42 Å². The molecule has 3 nitrogen and oxygen atoms in total. The van der Waals surface area contributed by atoms with Crippen molar-refractivity contribution in [2.24, 2.45) is 0 Å². The van der Waals surface area contributed by atoms with E-state index >= 15 is 0 Å². The smallest absolute Gasteiger partial charge is 0.135 e. The molecule has 0 radical (unpaired) electrons. The first kappa shape index (κ1) is 16.5. The second kappa shape index (κ2) is 6.25. The highest BCUT2D eigenvalue weighted by molar-refractivity contribution is 6.19. The average Bonchev–Trinajstić information content (AvgIpc) is 2.83. The van der Waals surface area contributed by atoms with E-state index in [1.54, 1.807) is 0 Å².